The van der Waals surface area contributed by atoms with Crippen LogP contribution in [-0.2, 0) is 6.42 Å². The fraction of sp³-hybridized carbons (Fsp3) is 0.636. The molecule has 0 aliphatic heterocycles. The Hall–Kier alpha value is -1.53. The van der Waals surface area contributed by atoms with Gasteiger partial charge in [-0.15, -0.1) is 0 Å². The summed E-state index contributed by atoms with van der Waals surface area (Å²) in [7, 11) is 1.68. The van der Waals surface area contributed by atoms with E-state index in [2.05, 4.69) is 20.6 Å². The Labute approximate surface area is 103 Å². The molecule has 0 radical (unpaired) electrons. The van der Waals surface area contributed by atoms with E-state index in [4.69, 9.17) is 0 Å². The molecule has 0 bridgehead atoms. The molecule has 1 aromatic heterocycles. The third kappa shape index (κ3) is 2.09. The van der Waals surface area contributed by atoms with Crippen LogP contribution in [0.15, 0.2) is 6.33 Å². The molecule has 0 aromatic carbocycles. The quantitative estimate of drug-likeness (QED) is 0.873. The molecule has 7 heteroatoms. The summed E-state index contributed by atoms with van der Waals surface area (Å²) in [4.78, 5) is 7.93. The number of nitrogens with zero attached hydrogens (tertiary/aromatic N) is 2. The van der Waals surface area contributed by atoms with Crippen LogP contribution in [0.4, 0.5) is 24.8 Å². The van der Waals surface area contributed by atoms with E-state index < -0.39 is 11.7 Å². The van der Waals surface area contributed by atoms with E-state index in [9.17, 15) is 13.2 Å². The largest absolute Gasteiger partial charge is 0.411 e. The Morgan fingerprint density at radius 2 is 1.89 bits per heavy atom. The molecule has 1 aliphatic carbocycles. The van der Waals surface area contributed by atoms with Crippen LogP contribution in [0.2, 0.25) is 0 Å². The lowest BCUT2D eigenvalue weighted by atomic mass is 10.2. The second-order valence-corrected chi connectivity index (χ2v) is 4.36. The Morgan fingerprint density at radius 3 is 2.33 bits per heavy atom. The van der Waals surface area contributed by atoms with Crippen molar-refractivity contribution in [3.63, 3.8) is 0 Å². The first-order valence-corrected chi connectivity index (χ1v) is 5.80. The molecular formula is C11H15F3N4. The average Bonchev–Trinajstić information content (AvgIpc) is 3.09. The molecule has 1 fully saturated rings. The number of anilines is 2. The molecule has 0 amide bonds. The minimum atomic E-state index is -4.25. The van der Waals surface area contributed by atoms with Crippen molar-refractivity contribution in [3.8, 4) is 0 Å². The zero-order valence-corrected chi connectivity index (χ0v) is 10.2. The minimum Gasteiger partial charge on any atom is -0.373 e. The number of aromatic nitrogens is 2. The highest BCUT2D eigenvalue weighted by Gasteiger charge is 2.63. The summed E-state index contributed by atoms with van der Waals surface area (Å²) in [5.41, 5.74) is -1.12. The van der Waals surface area contributed by atoms with Crippen molar-refractivity contribution >= 4 is 11.6 Å². The highest BCUT2D eigenvalue weighted by molar-refractivity contribution is 5.59. The molecule has 2 rings (SSSR count). The van der Waals surface area contributed by atoms with Gasteiger partial charge in [0, 0.05) is 12.6 Å². The zero-order chi connectivity index (χ0) is 13.4. The molecule has 0 saturated heterocycles. The molecule has 1 heterocycles. The topological polar surface area (TPSA) is 49.8 Å². The highest BCUT2D eigenvalue weighted by Crippen LogP contribution is 2.51. The Morgan fingerprint density at radius 1 is 1.28 bits per heavy atom. The molecule has 0 spiro atoms. The fourth-order valence-electron chi connectivity index (χ4n) is 1.90. The van der Waals surface area contributed by atoms with Crippen molar-refractivity contribution in [2.24, 2.45) is 0 Å². The van der Waals surface area contributed by atoms with Crippen molar-refractivity contribution in [2.75, 3.05) is 17.7 Å². The Bertz CT molecular complexity index is 440. The standard InChI is InChI=1S/C11H15F3N4/c1-3-7-8(15-2)16-6-17-9(7)18-10(4-5-10)11(12,13)14/h6H,3-5H2,1-2H3,(H2,15,16,17,18). The van der Waals surface area contributed by atoms with E-state index in [0.717, 1.165) is 0 Å². The molecule has 4 nitrogen and oxygen atoms in total. The van der Waals surface area contributed by atoms with Crippen LogP contribution in [0.5, 0.6) is 0 Å². The average molecular weight is 260 g/mol. The van der Waals surface area contributed by atoms with Gasteiger partial charge in [0.15, 0.2) is 0 Å². The Balaban J connectivity index is 2.30. The number of alkyl halides is 3. The molecule has 1 aromatic rings. The second kappa shape index (κ2) is 4.29. The normalized spacial score (nSPS) is 17.4. The zero-order valence-electron chi connectivity index (χ0n) is 10.2. The monoisotopic (exact) mass is 260 g/mol. The molecule has 0 atom stereocenters. The molecule has 100 valence electrons. The maximum atomic E-state index is 12.9. The van der Waals surface area contributed by atoms with Crippen LogP contribution in [0.1, 0.15) is 25.3 Å². The van der Waals surface area contributed by atoms with Crippen molar-refractivity contribution in [2.45, 2.75) is 37.9 Å². The van der Waals surface area contributed by atoms with E-state index in [-0.39, 0.29) is 18.7 Å². The predicted octanol–water partition coefficient (Wildman–Crippen LogP) is 2.59. The SMILES string of the molecule is CCc1c(NC)ncnc1NC1(C(F)(F)F)CC1. The first-order chi connectivity index (χ1) is 8.43. The number of hydrogen-bond donors (Lipinski definition) is 2. The molecular weight excluding hydrogens is 245 g/mol. The number of halogens is 3. The van der Waals surface area contributed by atoms with Crippen LogP contribution in [0.25, 0.3) is 0 Å². The lowest BCUT2D eigenvalue weighted by molar-refractivity contribution is -0.151. The summed E-state index contributed by atoms with van der Waals surface area (Å²) < 4.78 is 38.6. The third-order valence-corrected chi connectivity index (χ3v) is 3.19. The van der Waals surface area contributed by atoms with Gasteiger partial charge in [0.1, 0.15) is 23.5 Å². The molecule has 18 heavy (non-hydrogen) atoms. The van der Waals surface area contributed by atoms with Gasteiger partial charge in [0.2, 0.25) is 0 Å². The van der Waals surface area contributed by atoms with Gasteiger partial charge in [0.25, 0.3) is 0 Å². The van der Waals surface area contributed by atoms with Crippen molar-refractivity contribution in [1.29, 1.82) is 0 Å². The van der Waals surface area contributed by atoms with Gasteiger partial charge in [-0.1, -0.05) is 6.92 Å². The van der Waals surface area contributed by atoms with Crippen LogP contribution < -0.4 is 10.6 Å². The summed E-state index contributed by atoms with van der Waals surface area (Å²) in [5.74, 6) is 0.833. The number of nitrogens with one attached hydrogen (secondary N) is 2. The smallest absolute Gasteiger partial charge is 0.373 e. The van der Waals surface area contributed by atoms with Gasteiger partial charge in [-0.25, -0.2) is 9.97 Å². The molecule has 0 unspecified atom stereocenters. The maximum Gasteiger partial charge on any atom is 0.411 e. The molecule has 1 aliphatic rings. The third-order valence-electron chi connectivity index (χ3n) is 3.19. The van der Waals surface area contributed by atoms with Gasteiger partial charge >= 0.3 is 6.18 Å². The first kappa shape index (κ1) is 12.9. The van der Waals surface area contributed by atoms with Crippen LogP contribution >= 0.6 is 0 Å². The van der Waals surface area contributed by atoms with E-state index >= 15 is 0 Å². The summed E-state index contributed by atoms with van der Waals surface area (Å²) in [5, 5.41) is 5.41. The maximum absolute atomic E-state index is 12.9. The Kier molecular flexibility index (Phi) is 3.08. The predicted molar refractivity (Wildman–Crippen MR) is 62.6 cm³/mol. The van der Waals surface area contributed by atoms with E-state index in [1.165, 1.54) is 6.33 Å². The van der Waals surface area contributed by atoms with Crippen LogP contribution in [0, 0.1) is 0 Å². The van der Waals surface area contributed by atoms with Gasteiger partial charge in [-0.05, 0) is 19.3 Å². The van der Waals surface area contributed by atoms with Crippen LogP contribution in [0.3, 0.4) is 0 Å². The number of rotatable bonds is 4. The van der Waals surface area contributed by atoms with Crippen molar-refractivity contribution in [1.82, 2.24) is 9.97 Å². The molecule has 2 N–H and O–H groups in total. The lowest BCUT2D eigenvalue weighted by Gasteiger charge is -2.23. The summed E-state index contributed by atoms with van der Waals surface area (Å²) in [6, 6.07) is 0. The van der Waals surface area contributed by atoms with E-state index in [0.29, 0.717) is 17.8 Å². The molecule has 1 saturated carbocycles. The minimum absolute atomic E-state index is 0.0958. The van der Waals surface area contributed by atoms with Crippen LogP contribution in [-0.4, -0.2) is 28.7 Å². The van der Waals surface area contributed by atoms with Crippen molar-refractivity contribution in [3.05, 3.63) is 11.9 Å². The summed E-state index contributed by atoms with van der Waals surface area (Å²) in [6.45, 7) is 1.86. The van der Waals surface area contributed by atoms with E-state index in [1.54, 1.807) is 7.05 Å². The second-order valence-electron chi connectivity index (χ2n) is 4.36. The van der Waals surface area contributed by atoms with Crippen molar-refractivity contribution < 1.29 is 13.2 Å². The summed E-state index contributed by atoms with van der Waals surface area (Å²) in [6.07, 6.45) is -2.23. The summed E-state index contributed by atoms with van der Waals surface area (Å²) >= 11 is 0. The fourth-order valence-corrected chi connectivity index (χ4v) is 1.90. The van der Waals surface area contributed by atoms with Gasteiger partial charge < -0.3 is 10.6 Å². The highest BCUT2D eigenvalue weighted by atomic mass is 19.4. The van der Waals surface area contributed by atoms with Gasteiger partial charge in [-0.2, -0.15) is 13.2 Å². The van der Waals surface area contributed by atoms with Gasteiger partial charge in [0.05, 0.1) is 0 Å². The lowest BCUT2D eigenvalue weighted by Crippen LogP contribution is -2.39. The van der Waals surface area contributed by atoms with E-state index in [1.807, 2.05) is 6.92 Å². The number of hydrogen-bond acceptors (Lipinski definition) is 4. The first-order valence-electron chi connectivity index (χ1n) is 5.80. The van der Waals surface area contributed by atoms with Gasteiger partial charge in [-0.3, -0.25) is 0 Å².